The highest BCUT2D eigenvalue weighted by atomic mass is 35.5. The Bertz CT molecular complexity index is 854. The smallest absolute Gasteiger partial charge is 0.230 e. The third kappa shape index (κ3) is 3.29. The average Bonchev–Trinajstić information content (AvgIpc) is 2.99. The molecule has 1 aromatic heterocycles. The molecule has 0 aliphatic rings. The Kier molecular flexibility index (Phi) is 4.87. The third-order valence-corrected chi connectivity index (χ3v) is 4.82. The Morgan fingerprint density at radius 3 is 2.58 bits per heavy atom. The molecule has 0 spiro atoms. The number of ether oxygens (including phenoxy) is 2. The van der Waals surface area contributed by atoms with Crippen molar-refractivity contribution in [3.63, 3.8) is 0 Å². The monoisotopic (exact) mass is 362 g/mol. The zero-order chi connectivity index (χ0) is 17.1. The van der Waals surface area contributed by atoms with E-state index in [2.05, 4.69) is 10.3 Å². The van der Waals surface area contributed by atoms with Crippen LogP contribution in [-0.4, -0.2) is 25.1 Å². The topological polar surface area (TPSA) is 60.5 Å². The predicted molar refractivity (Wildman–Crippen MR) is 96.5 cm³/mol. The Hall–Kier alpha value is -2.31. The summed E-state index contributed by atoms with van der Waals surface area (Å²) in [7, 11) is 3.17. The number of methoxy groups -OCH3 is 2. The Morgan fingerprint density at radius 1 is 1.17 bits per heavy atom. The van der Waals surface area contributed by atoms with Gasteiger partial charge in [0.15, 0.2) is 5.13 Å². The lowest BCUT2D eigenvalue weighted by atomic mass is 10.1. The van der Waals surface area contributed by atoms with Crippen molar-refractivity contribution in [1.29, 1.82) is 0 Å². The summed E-state index contributed by atoms with van der Waals surface area (Å²) in [6.07, 6.45) is 0.184. The number of carbonyl (C=O) groups is 1. The maximum absolute atomic E-state index is 12.3. The number of anilines is 1. The molecule has 0 saturated heterocycles. The fourth-order valence-corrected chi connectivity index (χ4v) is 3.51. The summed E-state index contributed by atoms with van der Waals surface area (Å²) in [5, 5.41) is 3.87. The molecule has 0 bridgehead atoms. The molecule has 124 valence electrons. The van der Waals surface area contributed by atoms with Crippen LogP contribution < -0.4 is 14.8 Å². The molecule has 0 aliphatic heterocycles. The van der Waals surface area contributed by atoms with Crippen LogP contribution in [0.3, 0.4) is 0 Å². The first-order valence-corrected chi connectivity index (χ1v) is 8.36. The minimum atomic E-state index is -0.180. The number of hydrogen-bond donors (Lipinski definition) is 1. The van der Waals surface area contributed by atoms with Gasteiger partial charge in [0.05, 0.1) is 20.6 Å². The van der Waals surface area contributed by atoms with Gasteiger partial charge in [-0.1, -0.05) is 41.1 Å². The van der Waals surface area contributed by atoms with Gasteiger partial charge in [0.1, 0.15) is 21.7 Å². The molecule has 0 aliphatic carbocycles. The van der Waals surface area contributed by atoms with Crippen LogP contribution in [-0.2, 0) is 11.2 Å². The van der Waals surface area contributed by atoms with Crippen molar-refractivity contribution in [2.45, 2.75) is 6.42 Å². The van der Waals surface area contributed by atoms with Gasteiger partial charge in [0.25, 0.3) is 0 Å². The van der Waals surface area contributed by atoms with Crippen molar-refractivity contribution < 1.29 is 14.3 Å². The third-order valence-electron chi connectivity index (χ3n) is 3.47. The van der Waals surface area contributed by atoms with E-state index in [4.69, 9.17) is 21.1 Å². The van der Waals surface area contributed by atoms with Crippen LogP contribution >= 0.6 is 22.9 Å². The maximum Gasteiger partial charge on any atom is 0.230 e. The van der Waals surface area contributed by atoms with Crippen LogP contribution in [0.15, 0.2) is 36.4 Å². The summed E-state index contributed by atoms with van der Waals surface area (Å²) < 4.78 is 11.5. The van der Waals surface area contributed by atoms with Gasteiger partial charge in [-0.3, -0.25) is 4.79 Å². The van der Waals surface area contributed by atoms with Crippen molar-refractivity contribution in [3.05, 3.63) is 47.0 Å². The van der Waals surface area contributed by atoms with Crippen LogP contribution in [0.4, 0.5) is 5.13 Å². The van der Waals surface area contributed by atoms with Gasteiger partial charge in [-0.05, 0) is 23.8 Å². The molecule has 3 rings (SSSR count). The van der Waals surface area contributed by atoms with E-state index >= 15 is 0 Å². The molecule has 0 unspecified atom stereocenters. The van der Waals surface area contributed by atoms with Crippen molar-refractivity contribution in [3.8, 4) is 11.5 Å². The molecular weight excluding hydrogens is 348 g/mol. The van der Waals surface area contributed by atoms with E-state index in [1.54, 1.807) is 26.4 Å². The summed E-state index contributed by atoms with van der Waals surface area (Å²) >= 11 is 7.43. The van der Waals surface area contributed by atoms with E-state index in [0.717, 1.165) is 10.3 Å². The minimum absolute atomic E-state index is 0.180. The number of thiazole rings is 1. The summed E-state index contributed by atoms with van der Waals surface area (Å²) in [6, 6.07) is 10.9. The summed E-state index contributed by atoms with van der Waals surface area (Å²) in [5.41, 5.74) is 1.43. The Labute approximate surface area is 148 Å². The fourth-order valence-electron chi connectivity index (χ4n) is 2.32. The number of nitrogens with one attached hydrogen (secondary N) is 1. The van der Waals surface area contributed by atoms with E-state index in [9.17, 15) is 4.79 Å². The molecule has 5 nitrogen and oxygen atoms in total. The lowest BCUT2D eigenvalue weighted by Crippen LogP contribution is -2.14. The number of fused-ring (bicyclic) bond motifs is 1. The number of benzene rings is 2. The van der Waals surface area contributed by atoms with Gasteiger partial charge in [0.2, 0.25) is 5.91 Å². The van der Waals surface area contributed by atoms with Crippen molar-refractivity contribution in [2.24, 2.45) is 0 Å². The maximum atomic E-state index is 12.3. The van der Waals surface area contributed by atoms with Gasteiger partial charge in [-0.25, -0.2) is 4.98 Å². The van der Waals surface area contributed by atoms with E-state index in [-0.39, 0.29) is 12.3 Å². The molecule has 0 atom stereocenters. The minimum Gasteiger partial charge on any atom is -0.495 e. The number of carbonyl (C=O) groups excluding carboxylic acids is 1. The molecule has 1 N–H and O–H groups in total. The molecule has 24 heavy (non-hydrogen) atoms. The molecule has 1 amide bonds. The van der Waals surface area contributed by atoms with Crippen molar-refractivity contribution in [1.82, 2.24) is 4.98 Å². The highest BCUT2D eigenvalue weighted by molar-refractivity contribution is 7.22. The number of hydrogen-bond acceptors (Lipinski definition) is 5. The van der Waals surface area contributed by atoms with Gasteiger partial charge in [-0.15, -0.1) is 0 Å². The van der Waals surface area contributed by atoms with Gasteiger partial charge >= 0.3 is 0 Å². The number of aromatic nitrogens is 1. The van der Waals surface area contributed by atoms with Crippen molar-refractivity contribution in [2.75, 3.05) is 19.5 Å². The zero-order valence-corrected chi connectivity index (χ0v) is 14.7. The number of nitrogens with zero attached hydrogens (tertiary/aromatic N) is 1. The Balaban J connectivity index is 1.85. The molecule has 0 fully saturated rings. The predicted octanol–water partition coefficient (Wildman–Crippen LogP) is 4.15. The summed E-state index contributed by atoms with van der Waals surface area (Å²) in [5.74, 6) is 1.14. The molecule has 0 saturated carbocycles. The molecule has 7 heteroatoms. The van der Waals surface area contributed by atoms with E-state index in [1.807, 2.05) is 24.3 Å². The second-order valence-electron chi connectivity index (χ2n) is 4.98. The highest BCUT2D eigenvalue weighted by Crippen LogP contribution is 2.38. The zero-order valence-electron chi connectivity index (χ0n) is 13.1. The van der Waals surface area contributed by atoms with Crippen molar-refractivity contribution >= 4 is 44.2 Å². The van der Waals surface area contributed by atoms with Gasteiger partial charge < -0.3 is 14.8 Å². The fraction of sp³-hybridized carbons (Fsp3) is 0.176. The first-order chi connectivity index (χ1) is 11.6. The van der Waals surface area contributed by atoms with E-state index in [1.165, 1.54) is 11.3 Å². The lowest BCUT2D eigenvalue weighted by Gasteiger charge is -2.03. The molecule has 2 aromatic carbocycles. The first kappa shape index (κ1) is 16.5. The molecule has 3 aromatic rings. The second-order valence-corrected chi connectivity index (χ2v) is 6.39. The first-order valence-electron chi connectivity index (χ1n) is 7.17. The number of rotatable bonds is 5. The SMILES string of the molecule is COc1ccc(OC)c2sc(NC(=O)Cc3ccccc3Cl)nc12. The molecule has 1 heterocycles. The summed E-state index contributed by atoms with van der Waals surface area (Å²) in [4.78, 5) is 16.7. The standard InChI is InChI=1S/C17H15ClN2O3S/c1-22-12-7-8-13(23-2)16-15(12)20-17(24-16)19-14(21)9-10-5-3-4-6-11(10)18/h3-8H,9H2,1-2H3,(H,19,20,21). The normalized spacial score (nSPS) is 10.6. The number of amides is 1. The van der Waals surface area contributed by atoms with Crippen LogP contribution in [0.5, 0.6) is 11.5 Å². The summed E-state index contributed by atoms with van der Waals surface area (Å²) in [6.45, 7) is 0. The van der Waals surface area contributed by atoms with Crippen LogP contribution in [0.2, 0.25) is 5.02 Å². The highest BCUT2D eigenvalue weighted by Gasteiger charge is 2.15. The van der Waals surface area contributed by atoms with Crippen LogP contribution in [0.25, 0.3) is 10.2 Å². The quantitative estimate of drug-likeness (QED) is 0.740. The Morgan fingerprint density at radius 2 is 1.88 bits per heavy atom. The van der Waals surface area contributed by atoms with E-state index < -0.39 is 0 Å². The second kappa shape index (κ2) is 7.07. The lowest BCUT2D eigenvalue weighted by molar-refractivity contribution is -0.115. The number of halogens is 1. The molecular formula is C17H15ClN2O3S. The van der Waals surface area contributed by atoms with E-state index in [0.29, 0.717) is 27.2 Å². The van der Waals surface area contributed by atoms with Gasteiger partial charge in [-0.2, -0.15) is 0 Å². The average molecular weight is 363 g/mol. The van der Waals surface area contributed by atoms with Gasteiger partial charge in [0, 0.05) is 5.02 Å². The largest absolute Gasteiger partial charge is 0.495 e. The molecule has 0 radical (unpaired) electrons. The van der Waals surface area contributed by atoms with Crippen LogP contribution in [0, 0.1) is 0 Å². The van der Waals surface area contributed by atoms with Crippen LogP contribution in [0.1, 0.15) is 5.56 Å².